The van der Waals surface area contributed by atoms with Gasteiger partial charge in [-0.2, -0.15) is 18.7 Å². The summed E-state index contributed by atoms with van der Waals surface area (Å²) in [6, 6.07) is 11.1. The molecule has 1 amide bonds. The van der Waals surface area contributed by atoms with Crippen molar-refractivity contribution >= 4 is 5.91 Å². The lowest BCUT2D eigenvalue weighted by Gasteiger charge is -2.27. The predicted octanol–water partition coefficient (Wildman–Crippen LogP) is 3.15. The summed E-state index contributed by atoms with van der Waals surface area (Å²) in [5, 5.41) is 19.4. The Balaban J connectivity index is 1.33. The van der Waals surface area contributed by atoms with Gasteiger partial charge in [-0.3, -0.25) is 4.79 Å². The first-order valence-electron chi connectivity index (χ1n) is 9.51. The van der Waals surface area contributed by atoms with Gasteiger partial charge in [-0.05, 0) is 43.9 Å². The zero-order valence-corrected chi connectivity index (χ0v) is 15.9. The molecule has 4 rings (SSSR count). The molecule has 0 spiro atoms. The van der Waals surface area contributed by atoms with Crippen LogP contribution >= 0.6 is 0 Å². The van der Waals surface area contributed by atoms with Crippen LogP contribution in [0.5, 0.6) is 0 Å². The van der Waals surface area contributed by atoms with Gasteiger partial charge in [-0.15, -0.1) is 10.2 Å². The minimum Gasteiger partial charge on any atom is -0.348 e. The van der Waals surface area contributed by atoms with E-state index < -0.39 is 12.5 Å². The van der Waals surface area contributed by atoms with Crippen molar-refractivity contribution in [1.82, 2.24) is 35.3 Å². The summed E-state index contributed by atoms with van der Waals surface area (Å²) < 4.78 is 26.2. The van der Waals surface area contributed by atoms with Gasteiger partial charge in [-0.1, -0.05) is 30.3 Å². The Morgan fingerprint density at radius 1 is 1.14 bits per heavy atom. The number of rotatable bonds is 5. The molecular formula is C19H21F2N7O. The first kappa shape index (κ1) is 19.2. The molecule has 0 unspecified atom stereocenters. The minimum atomic E-state index is -2.76. The Hall–Kier alpha value is -3.17. The highest BCUT2D eigenvalue weighted by molar-refractivity contribution is 5.92. The van der Waals surface area contributed by atoms with Gasteiger partial charge in [0.2, 0.25) is 5.82 Å². The molecule has 8 nitrogen and oxygen atoms in total. The molecular weight excluding hydrogens is 380 g/mol. The van der Waals surface area contributed by atoms with Gasteiger partial charge in [0.1, 0.15) is 0 Å². The number of carbonyl (C=O) groups is 1. The number of aromatic nitrogens is 6. The van der Waals surface area contributed by atoms with E-state index in [1.54, 1.807) is 4.80 Å². The number of amides is 1. The maximum atomic E-state index is 12.8. The average molecular weight is 401 g/mol. The van der Waals surface area contributed by atoms with Crippen molar-refractivity contribution in [2.24, 2.45) is 0 Å². The van der Waals surface area contributed by atoms with E-state index in [-0.39, 0.29) is 23.5 Å². The lowest BCUT2D eigenvalue weighted by atomic mass is 9.91. The Labute approximate surface area is 165 Å². The third-order valence-electron chi connectivity index (χ3n) is 5.16. The van der Waals surface area contributed by atoms with Crippen molar-refractivity contribution in [3.8, 4) is 11.4 Å². The molecule has 3 aromatic rings. The summed E-state index contributed by atoms with van der Waals surface area (Å²) in [6.07, 6.45) is 3.07. The monoisotopic (exact) mass is 401 g/mol. The lowest BCUT2D eigenvalue weighted by molar-refractivity contribution is 0.0538. The second kappa shape index (κ2) is 8.06. The highest BCUT2D eigenvalue weighted by atomic mass is 19.3. The van der Waals surface area contributed by atoms with Crippen LogP contribution in [0.15, 0.2) is 36.4 Å². The molecule has 1 aliphatic carbocycles. The standard InChI is InChI=1S/C19H21F2N7O/c1-12-11-16(24-27(12)19(20)21)18(29)22-14-7-9-15(10-8-14)28-25-17(23-26-28)13-5-3-2-4-6-13/h2-6,11,14-15,19H,7-10H2,1H3,(H,22,29). The van der Waals surface area contributed by atoms with Crippen LogP contribution in [-0.2, 0) is 0 Å². The molecule has 0 saturated heterocycles. The first-order chi connectivity index (χ1) is 14.0. The van der Waals surface area contributed by atoms with Gasteiger partial charge < -0.3 is 5.32 Å². The number of hydrogen-bond acceptors (Lipinski definition) is 5. The van der Waals surface area contributed by atoms with E-state index in [0.29, 0.717) is 10.5 Å². The smallest absolute Gasteiger partial charge is 0.333 e. The highest BCUT2D eigenvalue weighted by Crippen LogP contribution is 2.28. The van der Waals surface area contributed by atoms with Crippen molar-refractivity contribution in [2.75, 3.05) is 0 Å². The summed E-state index contributed by atoms with van der Waals surface area (Å²) >= 11 is 0. The maximum absolute atomic E-state index is 12.8. The van der Waals surface area contributed by atoms with Gasteiger partial charge in [0, 0.05) is 17.3 Å². The number of benzene rings is 1. The third-order valence-corrected chi connectivity index (χ3v) is 5.16. The van der Waals surface area contributed by atoms with Crippen LogP contribution in [0.4, 0.5) is 8.78 Å². The molecule has 152 valence electrons. The van der Waals surface area contributed by atoms with Crippen molar-refractivity contribution in [1.29, 1.82) is 0 Å². The van der Waals surface area contributed by atoms with Crippen LogP contribution in [0.25, 0.3) is 11.4 Å². The Bertz CT molecular complexity index is 978. The fraction of sp³-hybridized carbons (Fsp3) is 0.421. The molecule has 1 aromatic carbocycles. The van der Waals surface area contributed by atoms with Crippen LogP contribution in [0.2, 0.25) is 0 Å². The maximum Gasteiger partial charge on any atom is 0.333 e. The van der Waals surface area contributed by atoms with Crippen LogP contribution < -0.4 is 5.32 Å². The first-order valence-corrected chi connectivity index (χ1v) is 9.51. The second-order valence-corrected chi connectivity index (χ2v) is 7.17. The Morgan fingerprint density at radius 3 is 2.52 bits per heavy atom. The summed E-state index contributed by atoms with van der Waals surface area (Å²) in [5.41, 5.74) is 1.17. The van der Waals surface area contributed by atoms with E-state index in [1.165, 1.54) is 13.0 Å². The molecule has 0 atom stereocenters. The van der Waals surface area contributed by atoms with Crippen molar-refractivity contribution in [3.05, 3.63) is 47.8 Å². The molecule has 29 heavy (non-hydrogen) atoms. The molecule has 1 fully saturated rings. The largest absolute Gasteiger partial charge is 0.348 e. The normalized spacial score (nSPS) is 19.4. The van der Waals surface area contributed by atoms with Crippen LogP contribution in [-0.4, -0.2) is 41.9 Å². The molecule has 0 radical (unpaired) electrons. The average Bonchev–Trinajstić information content (AvgIpc) is 3.36. The number of nitrogens with zero attached hydrogens (tertiary/aromatic N) is 6. The van der Waals surface area contributed by atoms with E-state index in [1.807, 2.05) is 30.3 Å². The van der Waals surface area contributed by atoms with E-state index in [2.05, 4.69) is 25.8 Å². The van der Waals surface area contributed by atoms with Gasteiger partial charge in [0.05, 0.1) is 6.04 Å². The highest BCUT2D eigenvalue weighted by Gasteiger charge is 2.26. The molecule has 1 aliphatic rings. The SMILES string of the molecule is Cc1cc(C(=O)NC2CCC(n3nnc(-c4ccccc4)n3)CC2)nn1C(F)F. The molecule has 10 heteroatoms. The number of aryl methyl sites for hydroxylation is 1. The van der Waals surface area contributed by atoms with Crippen molar-refractivity contribution in [3.63, 3.8) is 0 Å². The van der Waals surface area contributed by atoms with Gasteiger partial charge in [-0.25, -0.2) is 4.68 Å². The minimum absolute atomic E-state index is 0.00960. The van der Waals surface area contributed by atoms with Gasteiger partial charge in [0.25, 0.3) is 5.91 Å². The van der Waals surface area contributed by atoms with E-state index in [0.717, 1.165) is 31.2 Å². The molecule has 0 aliphatic heterocycles. The zero-order chi connectivity index (χ0) is 20.4. The Morgan fingerprint density at radius 2 is 1.86 bits per heavy atom. The van der Waals surface area contributed by atoms with Crippen LogP contribution in [0, 0.1) is 6.92 Å². The van der Waals surface area contributed by atoms with Gasteiger partial charge in [0.15, 0.2) is 5.69 Å². The fourth-order valence-electron chi connectivity index (χ4n) is 3.59. The third kappa shape index (κ3) is 4.15. The number of carbonyl (C=O) groups excluding carboxylic acids is 1. The number of halogens is 2. The van der Waals surface area contributed by atoms with E-state index in [4.69, 9.17) is 0 Å². The van der Waals surface area contributed by atoms with Crippen LogP contribution in [0.3, 0.4) is 0 Å². The van der Waals surface area contributed by atoms with Gasteiger partial charge >= 0.3 is 6.55 Å². The molecule has 1 N–H and O–H groups in total. The number of tetrazole rings is 1. The van der Waals surface area contributed by atoms with E-state index >= 15 is 0 Å². The predicted molar refractivity (Wildman–Crippen MR) is 100 cm³/mol. The summed E-state index contributed by atoms with van der Waals surface area (Å²) in [5.74, 6) is 0.159. The molecule has 0 bridgehead atoms. The fourth-order valence-corrected chi connectivity index (χ4v) is 3.59. The quantitative estimate of drug-likeness (QED) is 0.709. The zero-order valence-electron chi connectivity index (χ0n) is 15.9. The topological polar surface area (TPSA) is 90.5 Å². The molecule has 2 aromatic heterocycles. The number of nitrogens with one attached hydrogen (secondary N) is 1. The molecule has 1 saturated carbocycles. The van der Waals surface area contributed by atoms with Crippen LogP contribution in [0.1, 0.15) is 54.5 Å². The summed E-state index contributed by atoms with van der Waals surface area (Å²) in [4.78, 5) is 14.0. The van der Waals surface area contributed by atoms with Crippen molar-refractivity contribution < 1.29 is 13.6 Å². The lowest BCUT2D eigenvalue weighted by Crippen LogP contribution is -2.38. The summed E-state index contributed by atoms with van der Waals surface area (Å²) in [7, 11) is 0. The second-order valence-electron chi connectivity index (χ2n) is 7.17. The Kier molecular flexibility index (Phi) is 5.32. The number of alkyl halides is 2. The molecule has 2 heterocycles. The number of hydrogen-bond donors (Lipinski definition) is 1. The summed E-state index contributed by atoms with van der Waals surface area (Å²) in [6.45, 7) is -1.27. The van der Waals surface area contributed by atoms with Crippen molar-refractivity contribution in [2.45, 2.75) is 51.2 Å². The van der Waals surface area contributed by atoms with E-state index in [9.17, 15) is 13.6 Å².